The molecule has 0 bridgehead atoms. The van der Waals surface area contributed by atoms with Gasteiger partial charge in [0.05, 0.1) is 23.6 Å². The van der Waals surface area contributed by atoms with Gasteiger partial charge in [-0.3, -0.25) is 0 Å². The van der Waals surface area contributed by atoms with Crippen LogP contribution in [0.1, 0.15) is 29.5 Å². The Balaban J connectivity index is 1.68. The van der Waals surface area contributed by atoms with Crippen LogP contribution in [0.2, 0.25) is 0 Å². The van der Waals surface area contributed by atoms with Crippen LogP contribution in [-0.4, -0.2) is 43.3 Å². The van der Waals surface area contributed by atoms with Crippen molar-refractivity contribution in [3.05, 3.63) is 47.0 Å². The summed E-state index contributed by atoms with van der Waals surface area (Å²) in [6.07, 6.45) is 5.54. The summed E-state index contributed by atoms with van der Waals surface area (Å²) in [4.78, 5) is 6.84. The van der Waals surface area contributed by atoms with E-state index >= 15 is 0 Å². The van der Waals surface area contributed by atoms with E-state index in [1.54, 1.807) is 7.11 Å². The molecule has 148 valence electrons. The molecule has 0 atom stereocenters. The van der Waals surface area contributed by atoms with Crippen LogP contribution >= 0.6 is 11.3 Å². The largest absolute Gasteiger partial charge is 0.809 e. The number of halogens is 2. The van der Waals surface area contributed by atoms with Crippen molar-refractivity contribution in [1.82, 2.24) is 4.98 Å². The zero-order valence-electron chi connectivity index (χ0n) is 16.2. The number of rotatable bonds is 4. The van der Waals surface area contributed by atoms with Gasteiger partial charge in [-0.25, -0.2) is 13.1 Å². The Hall–Kier alpha value is -2.48. The fourth-order valence-electron chi connectivity index (χ4n) is 4.51. The molecule has 0 fully saturated rings. The van der Waals surface area contributed by atoms with Crippen molar-refractivity contribution in [2.75, 3.05) is 25.1 Å². The molecule has 0 aliphatic carbocycles. The van der Waals surface area contributed by atoms with Crippen molar-refractivity contribution in [2.24, 2.45) is 0 Å². The molecule has 3 aromatic rings. The SMILES string of the molecule is COc1c(/C=[N+](\B(F)F)c2nc3ccccc3s2)cc2c3c1CCCN3CCC2. The number of hydrogen-bond acceptors (Lipinski definition) is 4. The highest BCUT2D eigenvalue weighted by Gasteiger charge is 2.35. The summed E-state index contributed by atoms with van der Waals surface area (Å²) in [5.74, 6) is 0.710. The molecule has 1 aromatic heterocycles. The number of methoxy groups -OCH3 is 1. The van der Waals surface area contributed by atoms with Crippen LogP contribution in [0, 0.1) is 0 Å². The lowest BCUT2D eigenvalue weighted by Gasteiger charge is -2.37. The predicted octanol–water partition coefficient (Wildman–Crippen LogP) is 4.69. The van der Waals surface area contributed by atoms with Crippen molar-refractivity contribution in [2.45, 2.75) is 25.7 Å². The van der Waals surface area contributed by atoms with E-state index in [1.807, 2.05) is 30.3 Å². The number of hydrogen-bond donors (Lipinski definition) is 0. The average Bonchev–Trinajstić information content (AvgIpc) is 3.16. The van der Waals surface area contributed by atoms with Gasteiger partial charge in [-0.2, -0.15) is 0 Å². The number of anilines is 1. The minimum Gasteiger partial charge on any atom is -0.496 e. The molecule has 0 radical (unpaired) electrons. The average molecular weight is 412 g/mol. The lowest BCUT2D eigenvalue weighted by Crippen LogP contribution is -2.35. The summed E-state index contributed by atoms with van der Waals surface area (Å²) in [6.45, 7) is 2.11. The van der Waals surface area contributed by atoms with Crippen LogP contribution in [0.5, 0.6) is 5.75 Å². The van der Waals surface area contributed by atoms with Crippen LogP contribution in [0.25, 0.3) is 10.2 Å². The van der Waals surface area contributed by atoms with Crippen molar-refractivity contribution < 1.29 is 17.9 Å². The van der Waals surface area contributed by atoms with Crippen LogP contribution in [-0.2, 0) is 12.8 Å². The van der Waals surface area contributed by atoms with Crippen molar-refractivity contribution in [1.29, 1.82) is 0 Å². The summed E-state index contributed by atoms with van der Waals surface area (Å²) in [5.41, 5.74) is 5.08. The third-order valence-corrected chi connectivity index (χ3v) is 6.75. The quantitative estimate of drug-likeness (QED) is 0.460. The standard InChI is InChI=1S/C21H21BF2N3OS/c1-28-20-15(12-14-6-4-10-26-11-5-7-16(20)19(14)26)13-27(22(23)24)21-25-17-8-2-3-9-18(17)29-21/h2-3,8-9,12-13H,4-7,10-11H2,1H3/q+1. The van der Waals surface area contributed by atoms with Gasteiger partial charge in [-0.1, -0.05) is 12.1 Å². The number of ether oxygens (including phenoxy) is 1. The van der Waals surface area contributed by atoms with Crippen LogP contribution < -0.4 is 9.64 Å². The second-order valence-electron chi connectivity index (χ2n) is 7.46. The Morgan fingerprint density at radius 2 is 2.00 bits per heavy atom. The highest BCUT2D eigenvalue weighted by molar-refractivity contribution is 7.21. The number of nitrogens with zero attached hydrogens (tertiary/aromatic N) is 3. The van der Waals surface area contributed by atoms with E-state index in [9.17, 15) is 8.63 Å². The molecular weight excluding hydrogens is 391 g/mol. The first-order valence-electron chi connectivity index (χ1n) is 9.90. The van der Waals surface area contributed by atoms with Crippen molar-refractivity contribution >= 4 is 46.0 Å². The van der Waals surface area contributed by atoms with E-state index in [0.29, 0.717) is 11.3 Å². The van der Waals surface area contributed by atoms with Crippen LogP contribution in [0.3, 0.4) is 0 Å². The number of benzene rings is 2. The van der Waals surface area contributed by atoms with Gasteiger partial charge in [0.1, 0.15) is 5.75 Å². The topological polar surface area (TPSA) is 28.4 Å². The maximum atomic E-state index is 14.0. The first-order valence-corrected chi connectivity index (χ1v) is 10.7. The summed E-state index contributed by atoms with van der Waals surface area (Å²) >= 11 is 1.27. The van der Waals surface area contributed by atoms with E-state index in [2.05, 4.69) is 9.88 Å². The fourth-order valence-corrected chi connectivity index (χ4v) is 5.45. The first-order chi connectivity index (χ1) is 14.2. The van der Waals surface area contributed by atoms with Crippen LogP contribution in [0.15, 0.2) is 30.3 Å². The number of aromatic nitrogens is 1. The molecule has 0 saturated heterocycles. The zero-order chi connectivity index (χ0) is 20.0. The first kappa shape index (κ1) is 18.5. The third-order valence-electron chi connectivity index (χ3n) is 5.70. The normalized spacial score (nSPS) is 16.1. The molecule has 2 aromatic carbocycles. The molecule has 5 rings (SSSR count). The monoisotopic (exact) mass is 412 g/mol. The molecule has 8 heteroatoms. The molecule has 0 spiro atoms. The molecule has 0 saturated carbocycles. The second-order valence-corrected chi connectivity index (χ2v) is 8.47. The van der Waals surface area contributed by atoms with Crippen LogP contribution in [0.4, 0.5) is 19.5 Å². The van der Waals surface area contributed by atoms with Gasteiger partial charge in [-0.05, 0) is 65.8 Å². The molecule has 4 nitrogen and oxygen atoms in total. The zero-order valence-corrected chi connectivity index (χ0v) is 17.0. The van der Waals surface area contributed by atoms with Gasteiger partial charge in [0.2, 0.25) is 0 Å². The molecule has 2 aliphatic heterocycles. The molecule has 3 heterocycles. The van der Waals surface area contributed by atoms with E-state index in [-0.39, 0.29) is 5.13 Å². The Labute approximate surface area is 172 Å². The van der Waals surface area contributed by atoms with E-state index < -0.39 is 7.40 Å². The summed E-state index contributed by atoms with van der Waals surface area (Å²) in [6, 6.07) is 9.53. The Morgan fingerprint density at radius 1 is 1.21 bits per heavy atom. The number of fused-ring (bicyclic) bond motifs is 1. The Morgan fingerprint density at radius 3 is 2.76 bits per heavy atom. The van der Waals surface area contributed by atoms with Gasteiger partial charge in [0, 0.05) is 24.3 Å². The molecule has 0 amide bonds. The highest BCUT2D eigenvalue weighted by Crippen LogP contribution is 2.42. The Kier molecular flexibility index (Phi) is 4.74. The molecule has 29 heavy (non-hydrogen) atoms. The predicted molar refractivity (Wildman–Crippen MR) is 115 cm³/mol. The molecule has 0 unspecified atom stereocenters. The smallest absolute Gasteiger partial charge is 0.496 e. The van der Waals surface area contributed by atoms with Crippen molar-refractivity contribution in [3.8, 4) is 5.75 Å². The minimum absolute atomic E-state index is 0.288. The van der Waals surface area contributed by atoms with Gasteiger partial charge in [0.25, 0.3) is 0 Å². The fraction of sp³-hybridized carbons (Fsp3) is 0.333. The van der Waals surface area contributed by atoms with E-state index in [1.165, 1.54) is 28.8 Å². The highest BCUT2D eigenvalue weighted by atomic mass is 32.1. The van der Waals surface area contributed by atoms with Crippen molar-refractivity contribution in [3.63, 3.8) is 0 Å². The summed E-state index contributed by atoms with van der Waals surface area (Å²) < 4.78 is 35.7. The number of aryl methyl sites for hydroxylation is 1. The Bertz CT molecular complexity index is 1080. The number of para-hydroxylation sites is 1. The molecular formula is C21H21BF2N3OS+. The lowest BCUT2D eigenvalue weighted by molar-refractivity contribution is -0.304. The minimum atomic E-state index is -2.69. The number of thiazole rings is 1. The van der Waals surface area contributed by atoms with Gasteiger partial charge in [0.15, 0.2) is 5.52 Å². The molecule has 2 aliphatic rings. The maximum Gasteiger partial charge on any atom is 0.809 e. The maximum absolute atomic E-state index is 14.0. The summed E-state index contributed by atoms with van der Waals surface area (Å²) in [7, 11) is -1.06. The van der Waals surface area contributed by atoms with Gasteiger partial charge >= 0.3 is 12.5 Å². The van der Waals surface area contributed by atoms with E-state index in [0.717, 1.165) is 59.0 Å². The second kappa shape index (κ2) is 7.41. The summed E-state index contributed by atoms with van der Waals surface area (Å²) in [5, 5.41) is 0.288. The van der Waals surface area contributed by atoms with E-state index in [4.69, 9.17) is 4.74 Å². The third kappa shape index (κ3) is 3.19. The van der Waals surface area contributed by atoms with Gasteiger partial charge < -0.3 is 9.64 Å². The van der Waals surface area contributed by atoms with Gasteiger partial charge in [-0.15, -0.1) is 0 Å². The lowest BCUT2D eigenvalue weighted by atomic mass is 9.89. The molecule has 0 N–H and O–H groups in total.